The van der Waals surface area contributed by atoms with Gasteiger partial charge in [-0.3, -0.25) is 4.79 Å². The number of methoxy groups -OCH3 is 1. The van der Waals surface area contributed by atoms with E-state index in [0.717, 1.165) is 18.9 Å². The van der Waals surface area contributed by atoms with Crippen molar-refractivity contribution in [3.63, 3.8) is 0 Å². The molecule has 0 aromatic carbocycles. The van der Waals surface area contributed by atoms with Gasteiger partial charge in [-0.1, -0.05) is 12.5 Å². The lowest BCUT2D eigenvalue weighted by Crippen LogP contribution is -2.10. The summed E-state index contributed by atoms with van der Waals surface area (Å²) in [7, 11) is 1.34. The van der Waals surface area contributed by atoms with Crippen LogP contribution in [0.1, 0.15) is 31.4 Å². The van der Waals surface area contributed by atoms with Crippen LogP contribution < -0.4 is 5.32 Å². The maximum atomic E-state index is 12.4. The van der Waals surface area contributed by atoms with Gasteiger partial charge in [-0.25, -0.2) is 4.98 Å². The van der Waals surface area contributed by atoms with Crippen LogP contribution in [-0.4, -0.2) is 24.6 Å². The van der Waals surface area contributed by atoms with E-state index in [4.69, 9.17) is 0 Å². The summed E-state index contributed by atoms with van der Waals surface area (Å²) in [6.07, 6.45) is -1.84. The summed E-state index contributed by atoms with van der Waals surface area (Å²) in [6.45, 7) is 0.509. The van der Waals surface area contributed by atoms with Crippen molar-refractivity contribution < 1.29 is 22.7 Å². The molecule has 1 aromatic rings. The molecule has 1 heterocycles. The number of alkyl halides is 3. The number of esters is 1. The summed E-state index contributed by atoms with van der Waals surface area (Å²) < 4.78 is 41.8. The molecule has 0 radical (unpaired) electrons. The molecule has 0 aliphatic rings. The van der Waals surface area contributed by atoms with Gasteiger partial charge in [-0.05, 0) is 25.0 Å². The van der Waals surface area contributed by atoms with Crippen LogP contribution >= 0.6 is 0 Å². The third-order valence-electron chi connectivity index (χ3n) is 2.63. The monoisotopic (exact) mass is 290 g/mol. The minimum atomic E-state index is -4.43. The summed E-state index contributed by atoms with van der Waals surface area (Å²) in [5.74, 6) is -0.0507. The number of carbonyl (C=O) groups excluding carboxylic acids is 1. The van der Waals surface area contributed by atoms with Gasteiger partial charge >= 0.3 is 12.1 Å². The Hall–Kier alpha value is -1.79. The van der Waals surface area contributed by atoms with E-state index in [1.807, 2.05) is 0 Å². The molecule has 112 valence electrons. The van der Waals surface area contributed by atoms with E-state index in [0.29, 0.717) is 19.4 Å². The number of unbranched alkanes of at least 4 members (excludes halogenated alkanes) is 2. The first-order valence-corrected chi connectivity index (χ1v) is 6.28. The van der Waals surface area contributed by atoms with E-state index in [1.165, 1.54) is 19.2 Å². The van der Waals surface area contributed by atoms with Gasteiger partial charge < -0.3 is 10.1 Å². The molecule has 4 nitrogen and oxygen atoms in total. The number of hydrogen-bond donors (Lipinski definition) is 1. The van der Waals surface area contributed by atoms with E-state index in [2.05, 4.69) is 15.0 Å². The Balaban J connectivity index is 2.27. The molecular weight excluding hydrogens is 273 g/mol. The molecule has 0 fully saturated rings. The molecule has 0 aliphatic heterocycles. The van der Waals surface area contributed by atoms with Crippen LogP contribution in [-0.2, 0) is 15.7 Å². The van der Waals surface area contributed by atoms with Crippen LogP contribution in [0.15, 0.2) is 18.2 Å². The standard InChI is InChI=1S/C13H17F3N2O2/c1-20-12(19)8-3-2-4-9-17-11-7-5-6-10(18-11)13(14,15)16/h5-7H,2-4,8-9H2,1H3,(H,17,18). The molecule has 1 N–H and O–H groups in total. The lowest BCUT2D eigenvalue weighted by atomic mass is 10.2. The Morgan fingerprint density at radius 2 is 2.05 bits per heavy atom. The molecule has 0 atom stereocenters. The first kappa shape index (κ1) is 16.3. The smallest absolute Gasteiger partial charge is 0.433 e. The largest absolute Gasteiger partial charge is 0.469 e. The van der Waals surface area contributed by atoms with E-state index >= 15 is 0 Å². The van der Waals surface area contributed by atoms with Gasteiger partial charge in [0.15, 0.2) is 0 Å². The fourth-order valence-electron chi connectivity index (χ4n) is 1.58. The molecule has 0 aliphatic carbocycles. The molecule has 0 spiro atoms. The zero-order chi connectivity index (χ0) is 15.0. The Morgan fingerprint density at radius 3 is 2.70 bits per heavy atom. The zero-order valence-corrected chi connectivity index (χ0v) is 11.2. The highest BCUT2D eigenvalue weighted by Crippen LogP contribution is 2.28. The van der Waals surface area contributed by atoms with Crippen molar-refractivity contribution in [2.75, 3.05) is 19.0 Å². The average molecular weight is 290 g/mol. The van der Waals surface area contributed by atoms with Gasteiger partial charge in [0.2, 0.25) is 0 Å². The first-order valence-electron chi connectivity index (χ1n) is 6.28. The summed E-state index contributed by atoms with van der Waals surface area (Å²) in [6, 6.07) is 3.74. The van der Waals surface area contributed by atoms with Crippen molar-refractivity contribution in [1.82, 2.24) is 4.98 Å². The number of nitrogens with one attached hydrogen (secondary N) is 1. The molecule has 0 saturated heterocycles. The Morgan fingerprint density at radius 1 is 1.30 bits per heavy atom. The quantitative estimate of drug-likeness (QED) is 0.618. The number of pyridine rings is 1. The Bertz CT molecular complexity index is 436. The van der Waals surface area contributed by atoms with Gasteiger partial charge in [0.1, 0.15) is 11.5 Å². The molecule has 1 aromatic heterocycles. The number of aromatic nitrogens is 1. The molecule has 20 heavy (non-hydrogen) atoms. The van der Waals surface area contributed by atoms with Crippen molar-refractivity contribution >= 4 is 11.8 Å². The summed E-state index contributed by atoms with van der Waals surface area (Å²) in [5, 5.41) is 2.83. The normalized spacial score (nSPS) is 11.2. The number of halogens is 3. The highest BCUT2D eigenvalue weighted by Gasteiger charge is 2.32. The number of ether oxygens (including phenoxy) is 1. The molecule has 0 saturated carbocycles. The van der Waals surface area contributed by atoms with E-state index in [-0.39, 0.29) is 11.8 Å². The fraction of sp³-hybridized carbons (Fsp3) is 0.538. The predicted molar refractivity (Wildman–Crippen MR) is 68.2 cm³/mol. The second-order valence-corrected chi connectivity index (χ2v) is 4.22. The molecule has 1 rings (SSSR count). The molecule has 0 unspecified atom stereocenters. The van der Waals surface area contributed by atoms with Crippen molar-refractivity contribution in [3.8, 4) is 0 Å². The minimum absolute atomic E-state index is 0.202. The second-order valence-electron chi connectivity index (χ2n) is 4.22. The van der Waals surface area contributed by atoms with Crippen molar-refractivity contribution in [1.29, 1.82) is 0 Å². The van der Waals surface area contributed by atoms with Gasteiger partial charge in [0, 0.05) is 13.0 Å². The predicted octanol–water partition coefficient (Wildman–Crippen LogP) is 3.25. The SMILES string of the molecule is COC(=O)CCCCCNc1cccc(C(F)(F)F)n1. The Kier molecular flexibility index (Phi) is 6.27. The third-order valence-corrected chi connectivity index (χ3v) is 2.63. The van der Waals surface area contributed by atoms with Gasteiger partial charge in [0.05, 0.1) is 7.11 Å². The van der Waals surface area contributed by atoms with E-state index < -0.39 is 11.9 Å². The molecule has 7 heteroatoms. The van der Waals surface area contributed by atoms with Crippen LogP contribution in [0.4, 0.5) is 19.0 Å². The lowest BCUT2D eigenvalue weighted by Gasteiger charge is -2.09. The lowest BCUT2D eigenvalue weighted by molar-refractivity contribution is -0.141. The van der Waals surface area contributed by atoms with Crippen molar-refractivity contribution in [2.24, 2.45) is 0 Å². The van der Waals surface area contributed by atoms with Gasteiger partial charge in [-0.15, -0.1) is 0 Å². The van der Waals surface area contributed by atoms with E-state index in [9.17, 15) is 18.0 Å². The zero-order valence-electron chi connectivity index (χ0n) is 11.2. The number of hydrogen-bond acceptors (Lipinski definition) is 4. The van der Waals surface area contributed by atoms with Crippen LogP contribution in [0.5, 0.6) is 0 Å². The molecule has 0 amide bonds. The number of nitrogens with zero attached hydrogens (tertiary/aromatic N) is 1. The highest BCUT2D eigenvalue weighted by atomic mass is 19.4. The maximum Gasteiger partial charge on any atom is 0.433 e. The van der Waals surface area contributed by atoms with Crippen molar-refractivity contribution in [3.05, 3.63) is 23.9 Å². The molecular formula is C13H17F3N2O2. The summed E-state index contributed by atoms with van der Waals surface area (Å²) in [4.78, 5) is 14.3. The highest BCUT2D eigenvalue weighted by molar-refractivity contribution is 5.68. The number of carbonyl (C=O) groups is 1. The summed E-state index contributed by atoms with van der Waals surface area (Å²) in [5.41, 5.74) is -0.909. The second kappa shape index (κ2) is 7.72. The van der Waals surface area contributed by atoms with Crippen LogP contribution in [0, 0.1) is 0 Å². The van der Waals surface area contributed by atoms with Crippen LogP contribution in [0.2, 0.25) is 0 Å². The third kappa shape index (κ3) is 5.90. The number of rotatable bonds is 7. The van der Waals surface area contributed by atoms with Gasteiger partial charge in [0.25, 0.3) is 0 Å². The van der Waals surface area contributed by atoms with Gasteiger partial charge in [-0.2, -0.15) is 13.2 Å². The molecule has 0 bridgehead atoms. The first-order chi connectivity index (χ1) is 9.43. The van der Waals surface area contributed by atoms with Crippen LogP contribution in [0.25, 0.3) is 0 Å². The van der Waals surface area contributed by atoms with Crippen LogP contribution in [0.3, 0.4) is 0 Å². The van der Waals surface area contributed by atoms with Crippen molar-refractivity contribution in [2.45, 2.75) is 31.9 Å². The fourth-order valence-corrected chi connectivity index (χ4v) is 1.58. The summed E-state index contributed by atoms with van der Waals surface area (Å²) >= 11 is 0. The minimum Gasteiger partial charge on any atom is -0.469 e. The Labute approximate surface area is 115 Å². The maximum absolute atomic E-state index is 12.4. The number of anilines is 1. The topological polar surface area (TPSA) is 51.2 Å². The average Bonchev–Trinajstić information content (AvgIpc) is 2.41. The van der Waals surface area contributed by atoms with E-state index in [1.54, 1.807) is 0 Å².